The predicted molar refractivity (Wildman–Crippen MR) is 122 cm³/mol. The number of carbonyl (C=O) groups is 3. The van der Waals surface area contributed by atoms with Gasteiger partial charge in [-0.15, -0.1) is 11.3 Å². The first-order valence-electron chi connectivity index (χ1n) is 10.6. The number of benzene rings is 2. The average molecular weight is 442 g/mol. The number of nitrogens with one attached hydrogen (secondary N) is 1. The van der Waals surface area contributed by atoms with Crippen molar-refractivity contribution in [3.63, 3.8) is 0 Å². The molecule has 0 spiro atoms. The number of nitrogens with zero attached hydrogens (tertiary/aromatic N) is 2. The summed E-state index contributed by atoms with van der Waals surface area (Å²) in [5.74, 6) is -0.640. The lowest BCUT2D eigenvalue weighted by molar-refractivity contribution is -0.123. The van der Waals surface area contributed by atoms with E-state index in [-0.39, 0.29) is 41.4 Å². The first kappa shape index (κ1) is 19.1. The van der Waals surface area contributed by atoms with Gasteiger partial charge in [0, 0.05) is 16.5 Å². The standard InChI is InChI=1S/C25H19N3O3S/c29-22(27-25-26-19(13-32-25)14-4-2-1-3-5-14)15-8-10-18(11-9-15)28-23(30)20-16-6-7-17(12-16)21(20)24(28)31/h1-11,13,16-17,20-21H,12H2,(H,26,27,29). The smallest absolute Gasteiger partial charge is 0.257 e. The van der Waals surface area contributed by atoms with E-state index in [1.165, 1.54) is 16.2 Å². The number of imide groups is 1. The van der Waals surface area contributed by atoms with Gasteiger partial charge in [-0.25, -0.2) is 4.98 Å². The third-order valence-electron chi connectivity index (χ3n) is 6.65. The quantitative estimate of drug-likeness (QED) is 0.482. The van der Waals surface area contributed by atoms with Gasteiger partial charge in [-0.05, 0) is 42.5 Å². The molecule has 3 amide bonds. The third kappa shape index (κ3) is 2.92. The summed E-state index contributed by atoms with van der Waals surface area (Å²) in [4.78, 5) is 44.4. The molecule has 1 saturated heterocycles. The van der Waals surface area contributed by atoms with Crippen molar-refractivity contribution in [2.45, 2.75) is 6.42 Å². The van der Waals surface area contributed by atoms with Crippen LogP contribution in [-0.4, -0.2) is 22.7 Å². The summed E-state index contributed by atoms with van der Waals surface area (Å²) in [5.41, 5.74) is 2.75. The van der Waals surface area contributed by atoms with E-state index >= 15 is 0 Å². The fourth-order valence-electron chi connectivity index (χ4n) is 5.16. The van der Waals surface area contributed by atoms with E-state index in [4.69, 9.17) is 0 Å². The molecule has 2 aromatic carbocycles. The van der Waals surface area contributed by atoms with Crippen molar-refractivity contribution in [1.29, 1.82) is 0 Å². The summed E-state index contributed by atoms with van der Waals surface area (Å²) >= 11 is 1.36. The lowest BCUT2D eigenvalue weighted by Crippen LogP contribution is -2.32. The predicted octanol–water partition coefficient (Wildman–Crippen LogP) is 4.37. The molecule has 0 radical (unpaired) electrons. The van der Waals surface area contributed by atoms with E-state index in [0.717, 1.165) is 17.7 Å². The van der Waals surface area contributed by atoms with E-state index < -0.39 is 0 Å². The van der Waals surface area contributed by atoms with Crippen molar-refractivity contribution >= 4 is 39.9 Å². The van der Waals surface area contributed by atoms with Crippen LogP contribution >= 0.6 is 11.3 Å². The molecule has 4 atom stereocenters. The second-order valence-corrected chi connectivity index (χ2v) is 9.27. The van der Waals surface area contributed by atoms with Crippen LogP contribution in [0.25, 0.3) is 11.3 Å². The molecule has 4 unspecified atom stereocenters. The third-order valence-corrected chi connectivity index (χ3v) is 7.41. The van der Waals surface area contributed by atoms with Gasteiger partial charge in [-0.1, -0.05) is 42.5 Å². The maximum absolute atomic E-state index is 13.0. The molecule has 2 heterocycles. The number of anilines is 2. The normalized spacial score (nSPS) is 25.4. The highest BCUT2D eigenvalue weighted by molar-refractivity contribution is 7.14. The van der Waals surface area contributed by atoms with Gasteiger partial charge >= 0.3 is 0 Å². The molecule has 1 aliphatic heterocycles. The fourth-order valence-corrected chi connectivity index (χ4v) is 5.88. The van der Waals surface area contributed by atoms with Crippen molar-refractivity contribution in [3.05, 3.63) is 77.7 Å². The van der Waals surface area contributed by atoms with E-state index in [2.05, 4.69) is 22.5 Å². The molecule has 32 heavy (non-hydrogen) atoms. The Hall–Kier alpha value is -3.58. The first-order valence-corrected chi connectivity index (χ1v) is 11.5. The largest absolute Gasteiger partial charge is 0.298 e. The Labute approximate surface area is 188 Å². The highest BCUT2D eigenvalue weighted by Crippen LogP contribution is 2.53. The van der Waals surface area contributed by atoms with Gasteiger partial charge in [0.15, 0.2) is 5.13 Å². The zero-order chi connectivity index (χ0) is 21.8. The molecule has 1 saturated carbocycles. The van der Waals surface area contributed by atoms with E-state index in [1.54, 1.807) is 24.3 Å². The van der Waals surface area contributed by atoms with Gasteiger partial charge in [-0.2, -0.15) is 0 Å². The second-order valence-electron chi connectivity index (χ2n) is 8.42. The Morgan fingerprint density at radius 1 is 0.938 bits per heavy atom. The maximum Gasteiger partial charge on any atom is 0.257 e. The maximum atomic E-state index is 13.0. The molecule has 2 aliphatic carbocycles. The summed E-state index contributed by atoms with van der Waals surface area (Å²) in [6.45, 7) is 0. The van der Waals surface area contributed by atoms with Crippen LogP contribution in [0.3, 0.4) is 0 Å². The van der Waals surface area contributed by atoms with Gasteiger partial charge < -0.3 is 0 Å². The van der Waals surface area contributed by atoms with Gasteiger partial charge in [0.1, 0.15) is 0 Å². The first-order chi connectivity index (χ1) is 15.6. The molecule has 2 fully saturated rings. The molecule has 158 valence electrons. The van der Waals surface area contributed by atoms with Gasteiger partial charge in [-0.3, -0.25) is 24.6 Å². The Bertz CT molecular complexity index is 1240. The monoisotopic (exact) mass is 441 g/mol. The van der Waals surface area contributed by atoms with Gasteiger partial charge in [0.05, 0.1) is 23.2 Å². The van der Waals surface area contributed by atoms with Crippen LogP contribution in [0.1, 0.15) is 16.8 Å². The Morgan fingerprint density at radius 3 is 2.25 bits per heavy atom. The summed E-state index contributed by atoms with van der Waals surface area (Å²) in [5, 5.41) is 5.23. The highest BCUT2D eigenvalue weighted by Gasteiger charge is 2.59. The van der Waals surface area contributed by atoms with Crippen molar-refractivity contribution < 1.29 is 14.4 Å². The average Bonchev–Trinajstić information content (AvgIpc) is 3.59. The number of thiazole rings is 1. The van der Waals surface area contributed by atoms with Gasteiger partial charge in [0.2, 0.25) is 11.8 Å². The summed E-state index contributed by atoms with van der Waals surface area (Å²) in [7, 11) is 0. The fraction of sp³-hybridized carbons (Fsp3) is 0.200. The summed E-state index contributed by atoms with van der Waals surface area (Å²) in [6.07, 6.45) is 5.06. The van der Waals surface area contributed by atoms with E-state index in [9.17, 15) is 14.4 Å². The second kappa shape index (κ2) is 7.24. The van der Waals surface area contributed by atoms with Crippen molar-refractivity contribution in [3.8, 4) is 11.3 Å². The Balaban J connectivity index is 1.17. The zero-order valence-electron chi connectivity index (χ0n) is 17.0. The Morgan fingerprint density at radius 2 is 1.59 bits per heavy atom. The lowest BCUT2D eigenvalue weighted by atomic mass is 9.85. The molecular weight excluding hydrogens is 422 g/mol. The topological polar surface area (TPSA) is 79.4 Å². The molecule has 6 nitrogen and oxygen atoms in total. The molecule has 1 N–H and O–H groups in total. The number of hydrogen-bond donors (Lipinski definition) is 1. The van der Waals surface area contributed by atoms with Crippen molar-refractivity contribution in [2.75, 3.05) is 10.2 Å². The minimum absolute atomic E-state index is 0.120. The SMILES string of the molecule is O=C(Nc1nc(-c2ccccc2)cs1)c1ccc(N2C(=O)C3C4C=CC(C4)C3C2=O)cc1. The number of allylic oxidation sites excluding steroid dienone is 2. The molecule has 6 rings (SSSR count). The number of aromatic nitrogens is 1. The number of fused-ring (bicyclic) bond motifs is 5. The molecule has 2 bridgehead atoms. The number of carbonyl (C=O) groups excluding carboxylic acids is 3. The minimum Gasteiger partial charge on any atom is -0.298 e. The summed E-state index contributed by atoms with van der Waals surface area (Å²) in [6, 6.07) is 16.4. The lowest BCUT2D eigenvalue weighted by Gasteiger charge is -2.17. The molecule has 1 aromatic heterocycles. The van der Waals surface area contributed by atoms with Crippen LogP contribution in [0.2, 0.25) is 0 Å². The van der Waals surface area contributed by atoms with Crippen molar-refractivity contribution in [1.82, 2.24) is 4.98 Å². The zero-order valence-corrected chi connectivity index (χ0v) is 17.8. The van der Waals surface area contributed by atoms with Crippen LogP contribution in [0.15, 0.2) is 72.1 Å². The Kier molecular flexibility index (Phi) is 4.33. The van der Waals surface area contributed by atoms with Crippen LogP contribution in [0.4, 0.5) is 10.8 Å². The number of rotatable bonds is 4. The van der Waals surface area contributed by atoms with Crippen molar-refractivity contribution in [2.24, 2.45) is 23.7 Å². The van der Waals surface area contributed by atoms with Crippen LogP contribution in [0, 0.1) is 23.7 Å². The molecule has 3 aromatic rings. The highest BCUT2D eigenvalue weighted by atomic mass is 32.1. The van der Waals surface area contributed by atoms with E-state index in [0.29, 0.717) is 16.4 Å². The molecule has 7 heteroatoms. The van der Waals surface area contributed by atoms with Crippen LogP contribution in [-0.2, 0) is 9.59 Å². The summed E-state index contributed by atoms with van der Waals surface area (Å²) < 4.78 is 0. The van der Waals surface area contributed by atoms with Crippen LogP contribution < -0.4 is 10.2 Å². The molecule has 3 aliphatic rings. The van der Waals surface area contributed by atoms with E-state index in [1.807, 2.05) is 35.7 Å². The van der Waals surface area contributed by atoms with Gasteiger partial charge in [0.25, 0.3) is 5.91 Å². The minimum atomic E-state index is -0.288. The number of amides is 3. The number of hydrogen-bond acceptors (Lipinski definition) is 5. The molecular formula is C25H19N3O3S. The van der Waals surface area contributed by atoms with Crippen LogP contribution in [0.5, 0.6) is 0 Å².